The first-order valence-corrected chi connectivity index (χ1v) is 36.7. The minimum absolute atomic E-state index is 0. The molecular formula is C78H106BrN14O13Pd-. The number of fused-ring (bicyclic) bond motifs is 1. The van der Waals surface area contributed by atoms with Crippen LogP contribution in [0.1, 0.15) is 119 Å². The maximum absolute atomic E-state index is 12.0. The second-order valence-corrected chi connectivity index (χ2v) is 32.9. The van der Waals surface area contributed by atoms with Gasteiger partial charge in [0.05, 0.1) is 72.5 Å². The molecule has 8 aliphatic heterocycles. The summed E-state index contributed by atoms with van der Waals surface area (Å²) in [5.41, 5.74) is 13.4. The SMILES string of the molecule is CC(C)(C)OC(=O)N1CC2(CCC2)C1.Cc1cc(Br)cc(CO)n1.Cc1cc(N2CC3(CN(C(=O)OC(C)(C)C)C3)C2)cc(CO)n1.Cc1cc(N2CC3(CN(C[C@H]4CN(c5ccc(C#N)c6ncccc56)C[C@@H](C)O4)C3)C2)cc(CO)n1.Cc1cc(N2CC3(CNC3)C2)cc(CO)n1.O=C(O)C(=O)O.[CH3-].[Pd]. The topological polar surface area (TPSA) is 340 Å². The third-order valence-electron chi connectivity index (χ3n) is 20.0. The summed E-state index contributed by atoms with van der Waals surface area (Å²) in [5.74, 6) is -3.65. The number of aromatic nitrogens is 5. The number of halogens is 1. The van der Waals surface area contributed by atoms with Crippen LogP contribution in [0, 0.1) is 68.1 Å². The molecule has 0 radical (unpaired) electrons. The third-order valence-corrected chi connectivity index (χ3v) is 20.4. The van der Waals surface area contributed by atoms with E-state index in [1.54, 1.807) is 17.2 Å². The molecule has 2 amide bonds. The number of aliphatic carboxylic acids is 2. The van der Waals surface area contributed by atoms with Crippen molar-refractivity contribution in [3.8, 4) is 6.07 Å². The van der Waals surface area contributed by atoms with Gasteiger partial charge in [-0.2, -0.15) is 5.26 Å². The molecule has 1 saturated carbocycles. The number of rotatable bonds is 10. The van der Waals surface area contributed by atoms with Crippen molar-refractivity contribution >= 4 is 73.7 Å². The standard InChI is InChI=1S/C28H32N6O2.C17H25N3O3.C12H17N3O.C11H19NO2.C7H8BrNO.C2H2O4.CH3.Pd/c1-19-8-23(9-22(14-35)31-19)34-17-28(18-34)15-32(16-28)12-24-13-33(11-20(2)36-24)26-6-5-21(10-29)27-25(26)4-3-7-30-27;1-12-5-14(6-13(7-21)18-12)19-8-17(9-19)10-20(11-17)15(22)23-16(2,3)4;1-9-2-11(3-10(4-16)14-9)15-7-12(8-15)5-13-6-12;1-10(2,3)14-9(13)12-7-11(8-12)5-4-6-11;1-5-2-6(8)3-7(4-10)9-5;3-1(4)2(5)6;;/h3-9,20,24,35H,11-18H2,1-2H3;5-6,21H,7-11H2,1-4H3;2-3,13,16H,4-8H2,1H3;4-8H2,1-3H3;2-3,10H,4H2,1H3;(H,3,4)(H,5,6);1H3;/q;;;;;;-1;/t20-,24+;;;;;;;/m1......./s1. The number of carboxylic acid groups (broad SMARTS) is 2. The molecule has 6 aromatic rings. The van der Waals surface area contributed by atoms with E-state index in [9.17, 15) is 25.1 Å². The second-order valence-electron chi connectivity index (χ2n) is 32.0. The minimum atomic E-state index is -1.82. The van der Waals surface area contributed by atoms with Crippen molar-refractivity contribution in [1.29, 1.82) is 5.26 Å². The number of carbonyl (C=O) groups is 4. The second kappa shape index (κ2) is 35.3. The molecule has 29 heteroatoms. The molecule has 0 unspecified atom stereocenters. The summed E-state index contributed by atoms with van der Waals surface area (Å²) < 4.78 is 18.0. The molecule has 1 aliphatic carbocycles. The quantitative estimate of drug-likeness (QED) is 0.0383. The summed E-state index contributed by atoms with van der Waals surface area (Å²) in [6.07, 6.45) is 5.59. The number of hydrogen-bond donors (Lipinski definition) is 7. The molecule has 5 aromatic heterocycles. The Morgan fingerprint density at radius 1 is 0.589 bits per heavy atom. The molecule has 2 atom stereocenters. The summed E-state index contributed by atoms with van der Waals surface area (Å²) in [7, 11) is 0. The van der Waals surface area contributed by atoms with E-state index in [2.05, 4.69) is 108 Å². The summed E-state index contributed by atoms with van der Waals surface area (Å²) in [6, 6.07) is 26.1. The van der Waals surface area contributed by atoms with E-state index in [4.69, 9.17) is 44.2 Å². The van der Waals surface area contributed by atoms with E-state index < -0.39 is 17.5 Å². The number of ether oxygens (including phenoxy) is 3. The number of nitrogens with zero attached hydrogens (tertiary/aromatic N) is 13. The summed E-state index contributed by atoms with van der Waals surface area (Å²) in [5, 5.41) is 65.2. The first-order chi connectivity index (χ1) is 49.6. The average molecular weight is 1630 g/mol. The number of amides is 2. The van der Waals surface area contributed by atoms with Crippen molar-refractivity contribution in [2.75, 3.05) is 131 Å². The molecule has 13 heterocycles. The smallest absolute Gasteiger partial charge is 0.414 e. The number of aliphatic hydroxyl groups is 4. The Labute approximate surface area is 650 Å². The molecule has 9 aliphatic rings. The molecule has 1 aromatic carbocycles. The first kappa shape index (κ1) is 84.9. The summed E-state index contributed by atoms with van der Waals surface area (Å²) in [4.78, 5) is 78.8. The van der Waals surface area contributed by atoms with E-state index in [0.717, 1.165) is 172 Å². The van der Waals surface area contributed by atoms with Crippen molar-refractivity contribution < 1.29 is 84.5 Å². The van der Waals surface area contributed by atoms with Crippen LogP contribution in [-0.2, 0) is 70.7 Å². The molecule has 27 nitrogen and oxygen atoms in total. The zero-order valence-electron chi connectivity index (χ0n) is 63.7. The number of anilines is 4. The molecule has 0 bridgehead atoms. The number of likely N-dealkylation sites (tertiary alicyclic amines) is 3. The van der Waals surface area contributed by atoms with E-state index in [1.165, 1.54) is 30.6 Å². The fourth-order valence-electron chi connectivity index (χ4n) is 15.3. The number of aliphatic hydroxyl groups excluding tert-OH is 4. The van der Waals surface area contributed by atoms with E-state index in [-0.39, 0.29) is 89.7 Å². The van der Waals surface area contributed by atoms with E-state index in [0.29, 0.717) is 33.2 Å². The normalized spacial score (nSPS) is 19.8. The zero-order chi connectivity index (χ0) is 76.0. The number of carbonyl (C=O) groups excluding carboxylic acids is 2. The molecule has 15 rings (SSSR count). The van der Waals surface area contributed by atoms with Crippen LogP contribution in [0.25, 0.3) is 10.9 Å². The number of hydrogen-bond acceptors (Lipinski definition) is 23. The predicted molar refractivity (Wildman–Crippen MR) is 407 cm³/mol. The van der Waals surface area contributed by atoms with Gasteiger partial charge in [-0.25, -0.2) is 19.2 Å². The van der Waals surface area contributed by atoms with Gasteiger partial charge in [-0.15, -0.1) is 0 Å². The van der Waals surface area contributed by atoms with Gasteiger partial charge in [0, 0.05) is 215 Å². The van der Waals surface area contributed by atoms with Gasteiger partial charge in [0.2, 0.25) is 0 Å². The summed E-state index contributed by atoms with van der Waals surface area (Å²) in [6.45, 7) is 37.9. The van der Waals surface area contributed by atoms with Gasteiger partial charge in [-0.3, -0.25) is 29.8 Å². The van der Waals surface area contributed by atoms with Crippen molar-refractivity contribution in [3.63, 3.8) is 0 Å². The molecule has 107 heavy (non-hydrogen) atoms. The van der Waals surface area contributed by atoms with Crippen LogP contribution in [0.4, 0.5) is 32.3 Å². The van der Waals surface area contributed by atoms with Crippen LogP contribution < -0.4 is 24.9 Å². The van der Waals surface area contributed by atoms with Crippen LogP contribution in [-0.4, -0.2) is 229 Å². The van der Waals surface area contributed by atoms with Crippen molar-refractivity contribution in [3.05, 3.63) is 142 Å². The van der Waals surface area contributed by atoms with Crippen molar-refractivity contribution in [2.24, 2.45) is 21.7 Å². The molecular weight excluding hydrogens is 1530 g/mol. The maximum atomic E-state index is 12.0. The Bertz CT molecular complexity index is 4090. The molecule has 7 N–H and O–H groups in total. The number of nitriles is 1. The molecule has 584 valence electrons. The van der Waals surface area contributed by atoms with Gasteiger partial charge in [-0.05, 0) is 162 Å². The number of benzene rings is 1. The maximum Gasteiger partial charge on any atom is 0.414 e. The third kappa shape index (κ3) is 21.8. The Hall–Kier alpha value is -7.74. The molecule has 8 saturated heterocycles. The Kier molecular flexibility index (Phi) is 28.0. The predicted octanol–water partition coefficient (Wildman–Crippen LogP) is 8.61. The number of pyridine rings is 5. The Balaban J connectivity index is 0.000000176. The van der Waals surface area contributed by atoms with Crippen LogP contribution in [0.15, 0.2) is 83.5 Å². The van der Waals surface area contributed by atoms with E-state index in [1.807, 2.05) is 117 Å². The van der Waals surface area contributed by atoms with E-state index >= 15 is 0 Å². The number of nitrogens with one attached hydrogen (secondary N) is 1. The van der Waals surface area contributed by atoms with Gasteiger partial charge < -0.3 is 87.0 Å². The van der Waals surface area contributed by atoms with Crippen molar-refractivity contribution in [2.45, 2.75) is 145 Å². The largest absolute Gasteiger partial charge is 0.473 e. The first-order valence-electron chi connectivity index (χ1n) is 35.9. The Morgan fingerprint density at radius 3 is 1.39 bits per heavy atom. The Morgan fingerprint density at radius 2 is 1.01 bits per heavy atom. The van der Waals surface area contributed by atoms with Gasteiger partial charge in [0.1, 0.15) is 17.3 Å². The fraction of sp³-hybridized carbons (Fsp3) is 0.551. The van der Waals surface area contributed by atoms with Gasteiger partial charge in [-0.1, -0.05) is 22.4 Å². The van der Waals surface area contributed by atoms with Crippen molar-refractivity contribution in [1.82, 2.24) is 44.9 Å². The minimum Gasteiger partial charge on any atom is -0.473 e. The monoisotopic (exact) mass is 1630 g/mol. The van der Waals surface area contributed by atoms with Crippen LogP contribution >= 0.6 is 15.9 Å². The number of morpholine rings is 1. The van der Waals surface area contributed by atoms with Crippen LogP contribution in [0.2, 0.25) is 0 Å². The molecule has 9 fully saturated rings. The van der Waals surface area contributed by atoms with Gasteiger partial charge >= 0.3 is 24.1 Å². The van der Waals surface area contributed by atoms with Gasteiger partial charge in [0.25, 0.3) is 0 Å². The van der Waals surface area contributed by atoms with Gasteiger partial charge in [0.15, 0.2) is 0 Å². The number of aryl methyl sites for hydroxylation is 4. The van der Waals surface area contributed by atoms with Crippen LogP contribution in [0.5, 0.6) is 0 Å². The number of carboxylic acids is 2. The zero-order valence-corrected chi connectivity index (χ0v) is 66.8. The summed E-state index contributed by atoms with van der Waals surface area (Å²) >= 11 is 3.30. The fourth-order valence-corrected chi connectivity index (χ4v) is 15.9. The average Bonchev–Trinajstić information content (AvgIpc) is 0.738. The molecule has 4 spiro atoms. The van der Waals surface area contributed by atoms with Crippen LogP contribution in [0.3, 0.4) is 0 Å².